The van der Waals surface area contributed by atoms with E-state index in [2.05, 4.69) is 30.8 Å². The van der Waals surface area contributed by atoms with Gasteiger partial charge >= 0.3 is 0 Å². The molecule has 0 aliphatic rings. The molecule has 0 heterocycles. The molecule has 1 rings (SSSR count). The van der Waals surface area contributed by atoms with Gasteiger partial charge in [-0.25, -0.2) is 0 Å². The Hall–Kier alpha value is -0.730. The van der Waals surface area contributed by atoms with Crippen molar-refractivity contribution in [2.45, 2.75) is 31.1 Å². The first-order valence-electron chi connectivity index (χ1n) is 5.73. The average Bonchev–Trinajstić information content (AvgIpc) is 2.30. The third kappa shape index (κ3) is 5.99. The summed E-state index contributed by atoms with van der Waals surface area (Å²) in [5.41, 5.74) is 1.37. The number of aliphatic hydroxyl groups excluding tert-OH is 1. The predicted octanol–water partition coefficient (Wildman–Crippen LogP) is 3.64. The van der Waals surface area contributed by atoms with Gasteiger partial charge in [0.2, 0.25) is 0 Å². The second-order valence-corrected chi connectivity index (χ2v) is 4.96. The number of rotatable bonds is 8. The molecule has 88 valence electrons. The van der Waals surface area contributed by atoms with Gasteiger partial charge in [-0.05, 0) is 30.6 Å². The van der Waals surface area contributed by atoms with E-state index in [-0.39, 0.29) is 6.10 Å². The normalized spacial score (nSPS) is 12.3. The summed E-state index contributed by atoms with van der Waals surface area (Å²) in [5.74, 6) is 2.18. The molecule has 1 aromatic rings. The van der Waals surface area contributed by atoms with Crippen molar-refractivity contribution in [2.24, 2.45) is 0 Å². The highest BCUT2D eigenvalue weighted by Crippen LogP contribution is 2.14. The van der Waals surface area contributed by atoms with Crippen LogP contribution >= 0.6 is 11.8 Å². The molecule has 0 aliphatic heterocycles. The van der Waals surface area contributed by atoms with E-state index in [1.807, 2.05) is 17.8 Å². The van der Waals surface area contributed by atoms with Crippen LogP contribution in [0.1, 0.15) is 24.8 Å². The summed E-state index contributed by atoms with van der Waals surface area (Å²) in [7, 11) is 0. The fourth-order valence-corrected chi connectivity index (χ4v) is 2.44. The highest BCUT2D eigenvalue weighted by Gasteiger charge is 2.00. The second kappa shape index (κ2) is 8.43. The average molecular weight is 236 g/mol. The largest absolute Gasteiger partial charge is 0.393 e. The topological polar surface area (TPSA) is 20.2 Å². The molecule has 0 saturated carbocycles. The third-order valence-corrected chi connectivity index (χ3v) is 3.49. The van der Waals surface area contributed by atoms with Gasteiger partial charge < -0.3 is 5.11 Å². The Kier molecular flexibility index (Phi) is 7.02. The lowest BCUT2D eigenvalue weighted by atomic mass is 10.1. The van der Waals surface area contributed by atoms with E-state index < -0.39 is 0 Å². The fraction of sp³-hybridized carbons (Fsp3) is 0.429. The van der Waals surface area contributed by atoms with Crippen molar-refractivity contribution in [1.29, 1.82) is 0 Å². The zero-order chi connectivity index (χ0) is 11.6. The van der Waals surface area contributed by atoms with Gasteiger partial charge in [0.15, 0.2) is 0 Å². The van der Waals surface area contributed by atoms with Gasteiger partial charge in [0.05, 0.1) is 6.10 Å². The Labute approximate surface area is 103 Å². The molecule has 2 heteroatoms. The molecular formula is C14H20OS. The summed E-state index contributed by atoms with van der Waals surface area (Å²) in [6.07, 6.45) is 4.25. The van der Waals surface area contributed by atoms with Crippen LogP contribution in [0.5, 0.6) is 0 Å². The monoisotopic (exact) mass is 236 g/mol. The lowest BCUT2D eigenvalue weighted by molar-refractivity contribution is 0.167. The van der Waals surface area contributed by atoms with Crippen LogP contribution in [0.15, 0.2) is 43.0 Å². The fourth-order valence-electron chi connectivity index (χ4n) is 1.50. The van der Waals surface area contributed by atoms with E-state index in [0.29, 0.717) is 6.42 Å². The molecule has 0 radical (unpaired) electrons. The molecule has 0 amide bonds. The Bertz CT molecular complexity index is 284. The summed E-state index contributed by atoms with van der Waals surface area (Å²) in [6, 6.07) is 10.5. The van der Waals surface area contributed by atoms with Crippen LogP contribution in [-0.4, -0.2) is 17.0 Å². The molecule has 0 spiro atoms. The van der Waals surface area contributed by atoms with Crippen molar-refractivity contribution < 1.29 is 5.11 Å². The molecule has 1 N–H and O–H groups in total. The van der Waals surface area contributed by atoms with Crippen molar-refractivity contribution in [3.63, 3.8) is 0 Å². The van der Waals surface area contributed by atoms with E-state index in [1.54, 1.807) is 6.08 Å². The molecular weight excluding hydrogens is 216 g/mol. The molecule has 1 unspecified atom stereocenters. The molecule has 1 atom stereocenters. The Morgan fingerprint density at radius 1 is 1.31 bits per heavy atom. The SMILES string of the molecule is C=CCC(O)CCCSCc1ccccc1. The number of hydrogen-bond acceptors (Lipinski definition) is 2. The first kappa shape index (κ1) is 13.3. The molecule has 1 nitrogen and oxygen atoms in total. The van der Waals surface area contributed by atoms with Crippen LogP contribution in [0.3, 0.4) is 0 Å². The summed E-state index contributed by atoms with van der Waals surface area (Å²) < 4.78 is 0. The summed E-state index contributed by atoms with van der Waals surface area (Å²) >= 11 is 1.93. The van der Waals surface area contributed by atoms with Gasteiger partial charge in [-0.3, -0.25) is 0 Å². The van der Waals surface area contributed by atoms with Gasteiger partial charge in [0.1, 0.15) is 0 Å². The Morgan fingerprint density at radius 2 is 2.06 bits per heavy atom. The number of hydrogen-bond donors (Lipinski definition) is 1. The van der Waals surface area contributed by atoms with E-state index >= 15 is 0 Å². The van der Waals surface area contributed by atoms with E-state index in [0.717, 1.165) is 24.3 Å². The Balaban J connectivity index is 2.02. The van der Waals surface area contributed by atoms with Crippen molar-refractivity contribution >= 4 is 11.8 Å². The summed E-state index contributed by atoms with van der Waals surface area (Å²) in [6.45, 7) is 3.62. The number of thioether (sulfide) groups is 1. The standard InChI is InChI=1S/C14H20OS/c1-2-7-14(15)10-6-11-16-12-13-8-4-3-5-9-13/h2-5,8-9,14-15H,1,6-7,10-12H2. The molecule has 0 bridgehead atoms. The van der Waals surface area contributed by atoms with Crippen LogP contribution in [-0.2, 0) is 5.75 Å². The zero-order valence-electron chi connectivity index (χ0n) is 9.64. The maximum absolute atomic E-state index is 9.49. The smallest absolute Gasteiger partial charge is 0.0574 e. The summed E-state index contributed by atoms with van der Waals surface area (Å²) in [5, 5.41) is 9.49. The Morgan fingerprint density at radius 3 is 2.75 bits per heavy atom. The molecule has 16 heavy (non-hydrogen) atoms. The minimum absolute atomic E-state index is 0.199. The number of aliphatic hydroxyl groups is 1. The predicted molar refractivity (Wildman–Crippen MR) is 72.7 cm³/mol. The lowest BCUT2D eigenvalue weighted by Crippen LogP contribution is -2.04. The van der Waals surface area contributed by atoms with Crippen molar-refractivity contribution in [1.82, 2.24) is 0 Å². The molecule has 0 fully saturated rings. The summed E-state index contributed by atoms with van der Waals surface area (Å²) in [4.78, 5) is 0. The van der Waals surface area contributed by atoms with Crippen molar-refractivity contribution in [3.05, 3.63) is 48.6 Å². The van der Waals surface area contributed by atoms with E-state index in [1.165, 1.54) is 5.56 Å². The first-order chi connectivity index (χ1) is 7.83. The highest BCUT2D eigenvalue weighted by atomic mass is 32.2. The zero-order valence-corrected chi connectivity index (χ0v) is 10.5. The molecule has 0 saturated heterocycles. The van der Waals surface area contributed by atoms with Crippen molar-refractivity contribution in [2.75, 3.05) is 5.75 Å². The van der Waals surface area contributed by atoms with Gasteiger partial charge in [-0.1, -0.05) is 36.4 Å². The van der Waals surface area contributed by atoms with E-state index in [4.69, 9.17) is 0 Å². The van der Waals surface area contributed by atoms with Crippen molar-refractivity contribution in [3.8, 4) is 0 Å². The van der Waals surface area contributed by atoms with Gasteiger partial charge in [0, 0.05) is 5.75 Å². The molecule has 0 aromatic heterocycles. The second-order valence-electron chi connectivity index (χ2n) is 3.86. The lowest BCUT2D eigenvalue weighted by Gasteiger charge is -2.07. The van der Waals surface area contributed by atoms with Gasteiger partial charge in [-0.15, -0.1) is 6.58 Å². The molecule has 0 aliphatic carbocycles. The maximum atomic E-state index is 9.49. The van der Waals surface area contributed by atoms with Gasteiger partial charge in [0.25, 0.3) is 0 Å². The first-order valence-corrected chi connectivity index (χ1v) is 6.89. The third-order valence-electron chi connectivity index (χ3n) is 2.38. The van der Waals surface area contributed by atoms with Crippen LogP contribution in [0, 0.1) is 0 Å². The van der Waals surface area contributed by atoms with Crippen LogP contribution < -0.4 is 0 Å². The van der Waals surface area contributed by atoms with E-state index in [9.17, 15) is 5.11 Å². The minimum Gasteiger partial charge on any atom is -0.393 e. The van der Waals surface area contributed by atoms with Crippen LogP contribution in [0.25, 0.3) is 0 Å². The molecule has 1 aromatic carbocycles. The highest BCUT2D eigenvalue weighted by molar-refractivity contribution is 7.98. The van der Waals surface area contributed by atoms with Crippen LogP contribution in [0.4, 0.5) is 0 Å². The van der Waals surface area contributed by atoms with Gasteiger partial charge in [-0.2, -0.15) is 11.8 Å². The number of benzene rings is 1. The minimum atomic E-state index is -0.199. The quantitative estimate of drug-likeness (QED) is 0.549. The maximum Gasteiger partial charge on any atom is 0.0574 e. The van der Waals surface area contributed by atoms with Crippen LogP contribution in [0.2, 0.25) is 0 Å².